The van der Waals surface area contributed by atoms with E-state index in [4.69, 9.17) is 18.9 Å². The minimum atomic E-state index is 0.0250. The van der Waals surface area contributed by atoms with E-state index in [2.05, 4.69) is 28.4 Å². The van der Waals surface area contributed by atoms with Crippen LogP contribution in [0, 0.1) is 0 Å². The maximum atomic E-state index is 5.89. The molecule has 1 fully saturated rings. The summed E-state index contributed by atoms with van der Waals surface area (Å²) in [6.45, 7) is 8.96. The van der Waals surface area contributed by atoms with E-state index in [1.807, 2.05) is 32.0 Å². The average Bonchev–Trinajstić information content (AvgIpc) is 2.76. The summed E-state index contributed by atoms with van der Waals surface area (Å²) in [7, 11) is 3.37. The van der Waals surface area contributed by atoms with Gasteiger partial charge in [0.05, 0.1) is 33.5 Å². The summed E-state index contributed by atoms with van der Waals surface area (Å²) in [4.78, 5) is 2.47. The Morgan fingerprint density at radius 3 is 2.28 bits per heavy atom. The number of nitrogens with one attached hydrogen (secondary N) is 1. The smallest absolute Gasteiger partial charge is 0.165 e. The summed E-state index contributed by atoms with van der Waals surface area (Å²) < 4.78 is 23.0. The van der Waals surface area contributed by atoms with Gasteiger partial charge in [0, 0.05) is 31.7 Å². The van der Waals surface area contributed by atoms with Gasteiger partial charge in [-0.3, -0.25) is 4.90 Å². The van der Waals surface area contributed by atoms with Crippen molar-refractivity contribution in [1.29, 1.82) is 0 Å². The van der Waals surface area contributed by atoms with E-state index >= 15 is 0 Å². The summed E-state index contributed by atoms with van der Waals surface area (Å²) >= 11 is 0. The van der Waals surface area contributed by atoms with Gasteiger partial charge in [0.15, 0.2) is 23.0 Å². The van der Waals surface area contributed by atoms with E-state index in [1.165, 1.54) is 0 Å². The summed E-state index contributed by atoms with van der Waals surface area (Å²) in [6, 6.07) is 12.3. The van der Waals surface area contributed by atoms with Crippen LogP contribution in [-0.2, 0) is 0 Å². The van der Waals surface area contributed by atoms with Crippen LogP contribution in [0.5, 0.6) is 23.0 Å². The molecular weight excluding hydrogens is 368 g/mol. The highest BCUT2D eigenvalue weighted by Crippen LogP contribution is 2.42. The molecule has 1 N–H and O–H groups in total. The van der Waals surface area contributed by atoms with Gasteiger partial charge in [-0.2, -0.15) is 0 Å². The van der Waals surface area contributed by atoms with Crippen molar-refractivity contribution in [2.75, 3.05) is 53.6 Å². The molecule has 1 atom stereocenters. The molecule has 1 aliphatic rings. The number of hydrogen-bond acceptors (Lipinski definition) is 6. The highest BCUT2D eigenvalue weighted by molar-refractivity contribution is 5.53. The number of methoxy groups -OCH3 is 2. The summed E-state index contributed by atoms with van der Waals surface area (Å²) in [6.07, 6.45) is 0. The van der Waals surface area contributed by atoms with Crippen molar-refractivity contribution in [3.05, 3.63) is 47.5 Å². The molecule has 0 amide bonds. The predicted octanol–water partition coefficient (Wildman–Crippen LogP) is 3.50. The van der Waals surface area contributed by atoms with Gasteiger partial charge in [0.2, 0.25) is 0 Å². The maximum absolute atomic E-state index is 5.89. The first kappa shape index (κ1) is 21.3. The molecule has 0 saturated carbocycles. The lowest BCUT2D eigenvalue weighted by Gasteiger charge is -2.36. The Labute approximate surface area is 173 Å². The molecule has 0 spiro atoms. The molecule has 1 saturated heterocycles. The topological polar surface area (TPSA) is 52.2 Å². The van der Waals surface area contributed by atoms with Crippen LogP contribution in [-0.4, -0.2) is 58.5 Å². The Morgan fingerprint density at radius 1 is 0.897 bits per heavy atom. The Bertz CT molecular complexity index is 790. The number of hydrogen-bond donors (Lipinski definition) is 1. The molecule has 0 bridgehead atoms. The molecule has 0 aromatic heterocycles. The quantitative estimate of drug-likeness (QED) is 0.695. The fraction of sp³-hybridized carbons (Fsp3) is 0.478. The zero-order valence-electron chi connectivity index (χ0n) is 17.9. The molecule has 158 valence electrons. The Balaban J connectivity index is 2.11. The summed E-state index contributed by atoms with van der Waals surface area (Å²) in [5.41, 5.74) is 2.23. The van der Waals surface area contributed by atoms with Crippen LogP contribution in [0.3, 0.4) is 0 Å². The van der Waals surface area contributed by atoms with Crippen molar-refractivity contribution in [2.24, 2.45) is 0 Å². The molecule has 1 unspecified atom stereocenters. The molecular formula is C23H32N2O4. The van der Waals surface area contributed by atoms with Gasteiger partial charge < -0.3 is 24.3 Å². The second-order valence-electron chi connectivity index (χ2n) is 6.84. The maximum Gasteiger partial charge on any atom is 0.165 e. The molecule has 0 radical (unpaired) electrons. The van der Waals surface area contributed by atoms with Crippen molar-refractivity contribution >= 4 is 0 Å². The second-order valence-corrected chi connectivity index (χ2v) is 6.84. The fourth-order valence-electron chi connectivity index (χ4n) is 3.89. The molecule has 0 aliphatic carbocycles. The largest absolute Gasteiger partial charge is 0.493 e. The van der Waals surface area contributed by atoms with Crippen molar-refractivity contribution in [2.45, 2.75) is 19.9 Å². The van der Waals surface area contributed by atoms with Crippen LogP contribution in [0.1, 0.15) is 31.0 Å². The van der Waals surface area contributed by atoms with Crippen molar-refractivity contribution in [3.63, 3.8) is 0 Å². The first-order chi connectivity index (χ1) is 14.2. The minimum absolute atomic E-state index is 0.0250. The van der Waals surface area contributed by atoms with E-state index in [0.717, 1.165) is 60.3 Å². The van der Waals surface area contributed by atoms with E-state index in [1.54, 1.807) is 14.2 Å². The summed E-state index contributed by atoms with van der Waals surface area (Å²) in [5.74, 6) is 3.05. The third-order valence-corrected chi connectivity index (χ3v) is 5.13. The van der Waals surface area contributed by atoms with Crippen LogP contribution < -0.4 is 24.3 Å². The summed E-state index contributed by atoms with van der Waals surface area (Å²) in [5, 5.41) is 3.44. The van der Waals surface area contributed by atoms with E-state index < -0.39 is 0 Å². The van der Waals surface area contributed by atoms with Crippen LogP contribution in [0.25, 0.3) is 0 Å². The SMILES string of the molecule is CCOc1ccc(C(c2cccc(OC)c2OC)N2CCNCC2)cc1OCC. The third kappa shape index (κ3) is 4.77. The molecule has 6 heteroatoms. The molecule has 1 heterocycles. The average molecular weight is 401 g/mol. The van der Waals surface area contributed by atoms with Crippen molar-refractivity contribution in [1.82, 2.24) is 10.2 Å². The van der Waals surface area contributed by atoms with Gasteiger partial charge in [-0.25, -0.2) is 0 Å². The Kier molecular flexibility index (Phi) is 7.61. The first-order valence-corrected chi connectivity index (χ1v) is 10.3. The van der Waals surface area contributed by atoms with Gasteiger partial charge in [-0.1, -0.05) is 18.2 Å². The monoisotopic (exact) mass is 400 g/mol. The lowest BCUT2D eigenvalue weighted by Crippen LogP contribution is -2.45. The highest BCUT2D eigenvalue weighted by atomic mass is 16.5. The van der Waals surface area contributed by atoms with Gasteiger partial charge in [-0.15, -0.1) is 0 Å². The Morgan fingerprint density at radius 2 is 1.62 bits per heavy atom. The van der Waals surface area contributed by atoms with Gasteiger partial charge >= 0.3 is 0 Å². The lowest BCUT2D eigenvalue weighted by molar-refractivity contribution is 0.194. The molecule has 3 rings (SSSR count). The number of benzene rings is 2. The number of para-hydroxylation sites is 1. The first-order valence-electron chi connectivity index (χ1n) is 10.3. The minimum Gasteiger partial charge on any atom is -0.493 e. The molecule has 29 heavy (non-hydrogen) atoms. The van der Waals surface area contributed by atoms with Crippen LogP contribution >= 0.6 is 0 Å². The molecule has 2 aromatic carbocycles. The highest BCUT2D eigenvalue weighted by Gasteiger charge is 2.28. The third-order valence-electron chi connectivity index (χ3n) is 5.13. The molecule has 6 nitrogen and oxygen atoms in total. The molecule has 2 aromatic rings. The standard InChI is InChI=1S/C23H32N2O4/c1-5-28-19-11-10-17(16-21(19)29-6-2)22(25-14-12-24-13-15-25)18-8-7-9-20(26-3)23(18)27-4/h7-11,16,22,24H,5-6,12-15H2,1-4H3. The van der Waals surface area contributed by atoms with Gasteiger partial charge in [-0.05, 0) is 37.6 Å². The fourth-order valence-corrected chi connectivity index (χ4v) is 3.89. The number of rotatable bonds is 9. The molecule has 1 aliphatic heterocycles. The second kappa shape index (κ2) is 10.4. The van der Waals surface area contributed by atoms with Gasteiger partial charge in [0.1, 0.15) is 0 Å². The van der Waals surface area contributed by atoms with E-state index in [9.17, 15) is 0 Å². The normalized spacial score (nSPS) is 15.6. The van der Waals surface area contributed by atoms with Crippen LogP contribution in [0.4, 0.5) is 0 Å². The Hall–Kier alpha value is -2.44. The van der Waals surface area contributed by atoms with Gasteiger partial charge in [0.25, 0.3) is 0 Å². The van der Waals surface area contributed by atoms with Crippen molar-refractivity contribution in [3.8, 4) is 23.0 Å². The lowest BCUT2D eigenvalue weighted by atomic mass is 9.94. The zero-order chi connectivity index (χ0) is 20.6. The van der Waals surface area contributed by atoms with Crippen LogP contribution in [0.15, 0.2) is 36.4 Å². The zero-order valence-corrected chi connectivity index (χ0v) is 17.9. The van der Waals surface area contributed by atoms with Crippen LogP contribution in [0.2, 0.25) is 0 Å². The number of nitrogens with zero attached hydrogens (tertiary/aromatic N) is 1. The number of piperazine rings is 1. The van der Waals surface area contributed by atoms with E-state index in [0.29, 0.717) is 13.2 Å². The number of ether oxygens (including phenoxy) is 4. The van der Waals surface area contributed by atoms with Crippen molar-refractivity contribution < 1.29 is 18.9 Å². The predicted molar refractivity (Wildman–Crippen MR) is 115 cm³/mol. The van der Waals surface area contributed by atoms with E-state index in [-0.39, 0.29) is 6.04 Å².